The molecule has 0 bridgehead atoms. The van der Waals surface area contributed by atoms with Crippen LogP contribution in [0.5, 0.6) is 5.75 Å². The third-order valence-electron chi connectivity index (χ3n) is 3.58. The molecule has 0 radical (unpaired) electrons. The lowest BCUT2D eigenvalue weighted by Gasteiger charge is -2.42. The SMILES string of the molecule is CC1(C)CN(S(=O)(=O)c2ccc(OCC(=O)O)cc2)CC(C(F)(F)F)O1. The fraction of sp³-hybridized carbons (Fsp3) is 0.533. The molecular formula is C15H18F3NO6S. The molecule has 1 aliphatic rings. The summed E-state index contributed by atoms with van der Waals surface area (Å²) in [5.41, 5.74) is -1.31. The number of aliphatic carboxylic acids is 1. The molecule has 146 valence electrons. The van der Waals surface area contributed by atoms with Gasteiger partial charge in [-0.2, -0.15) is 17.5 Å². The first-order valence-corrected chi connectivity index (χ1v) is 8.95. The third-order valence-corrected chi connectivity index (χ3v) is 5.40. The molecule has 1 N–H and O–H groups in total. The number of sulfonamides is 1. The van der Waals surface area contributed by atoms with E-state index in [1.54, 1.807) is 0 Å². The van der Waals surface area contributed by atoms with E-state index in [-0.39, 0.29) is 17.2 Å². The number of ether oxygens (including phenoxy) is 2. The highest BCUT2D eigenvalue weighted by molar-refractivity contribution is 7.89. The topological polar surface area (TPSA) is 93.1 Å². The molecule has 0 spiro atoms. The number of morpholine rings is 1. The summed E-state index contributed by atoms with van der Waals surface area (Å²) in [4.78, 5) is 10.2. The van der Waals surface area contributed by atoms with Crippen LogP contribution >= 0.6 is 0 Å². The predicted molar refractivity (Wildman–Crippen MR) is 83.3 cm³/mol. The number of carbonyl (C=O) groups is 1. The Morgan fingerprint density at radius 1 is 1.35 bits per heavy atom. The minimum absolute atomic E-state index is 0.127. The summed E-state index contributed by atoms with van der Waals surface area (Å²) < 4.78 is 75.1. The lowest BCUT2D eigenvalue weighted by Crippen LogP contribution is -2.58. The molecule has 1 aromatic carbocycles. The molecule has 1 aromatic rings. The maximum atomic E-state index is 13.0. The summed E-state index contributed by atoms with van der Waals surface area (Å²) in [5.74, 6) is -1.07. The van der Waals surface area contributed by atoms with Crippen molar-refractivity contribution in [1.82, 2.24) is 4.31 Å². The van der Waals surface area contributed by atoms with Crippen molar-refractivity contribution in [3.05, 3.63) is 24.3 Å². The molecular weight excluding hydrogens is 379 g/mol. The number of nitrogens with zero attached hydrogens (tertiary/aromatic N) is 1. The number of alkyl halides is 3. The van der Waals surface area contributed by atoms with Crippen LogP contribution in [0.3, 0.4) is 0 Å². The van der Waals surface area contributed by atoms with E-state index < -0.39 is 47.0 Å². The Bertz CT molecular complexity index is 761. The van der Waals surface area contributed by atoms with Crippen molar-refractivity contribution < 1.29 is 41.0 Å². The van der Waals surface area contributed by atoms with Gasteiger partial charge in [0, 0.05) is 13.1 Å². The minimum Gasteiger partial charge on any atom is -0.482 e. The molecule has 0 aromatic heterocycles. The third kappa shape index (κ3) is 4.86. The normalized spacial score (nSPS) is 21.3. The van der Waals surface area contributed by atoms with Gasteiger partial charge in [0.1, 0.15) is 5.75 Å². The Hall–Kier alpha value is -1.85. The molecule has 1 saturated heterocycles. The van der Waals surface area contributed by atoms with Gasteiger partial charge >= 0.3 is 12.1 Å². The van der Waals surface area contributed by atoms with Gasteiger partial charge in [0.2, 0.25) is 10.0 Å². The molecule has 26 heavy (non-hydrogen) atoms. The molecule has 1 atom stereocenters. The molecule has 11 heteroatoms. The van der Waals surface area contributed by atoms with E-state index in [1.807, 2.05) is 0 Å². The van der Waals surface area contributed by atoms with Crippen molar-refractivity contribution in [3.8, 4) is 5.75 Å². The van der Waals surface area contributed by atoms with E-state index in [0.717, 1.165) is 16.4 Å². The van der Waals surface area contributed by atoms with Crippen LogP contribution in [-0.4, -0.2) is 61.4 Å². The van der Waals surface area contributed by atoms with Crippen LogP contribution in [0.2, 0.25) is 0 Å². The van der Waals surface area contributed by atoms with Crippen molar-refractivity contribution in [3.63, 3.8) is 0 Å². The zero-order valence-electron chi connectivity index (χ0n) is 14.0. The van der Waals surface area contributed by atoms with Gasteiger partial charge in [-0.3, -0.25) is 0 Å². The predicted octanol–water partition coefficient (Wildman–Crippen LogP) is 1.88. The lowest BCUT2D eigenvalue weighted by molar-refractivity contribution is -0.265. The van der Waals surface area contributed by atoms with Crippen molar-refractivity contribution in [2.24, 2.45) is 0 Å². The quantitative estimate of drug-likeness (QED) is 0.816. The smallest absolute Gasteiger partial charge is 0.415 e. The van der Waals surface area contributed by atoms with Gasteiger partial charge < -0.3 is 14.6 Å². The number of halogens is 3. The van der Waals surface area contributed by atoms with Crippen LogP contribution in [0.25, 0.3) is 0 Å². The Balaban J connectivity index is 2.24. The summed E-state index contributed by atoms with van der Waals surface area (Å²) in [6.07, 6.45) is -6.92. The standard InChI is InChI=1S/C15H18F3NO6S/c1-14(2)9-19(7-12(25-14)15(16,17)18)26(22,23)11-5-3-10(4-6-11)24-8-13(20)21/h3-6,12H,7-9H2,1-2H3,(H,20,21). The molecule has 0 amide bonds. The number of hydrogen-bond donors (Lipinski definition) is 1. The van der Waals surface area contributed by atoms with Gasteiger partial charge in [0.15, 0.2) is 12.7 Å². The lowest BCUT2D eigenvalue weighted by atomic mass is 10.1. The number of hydrogen-bond acceptors (Lipinski definition) is 5. The number of carboxylic acids is 1. The second kappa shape index (κ2) is 7.05. The molecule has 2 rings (SSSR count). The number of benzene rings is 1. The second-order valence-corrected chi connectivity index (χ2v) is 8.30. The highest BCUT2D eigenvalue weighted by atomic mass is 32.2. The van der Waals surface area contributed by atoms with Crippen molar-refractivity contribution in [2.75, 3.05) is 19.7 Å². The second-order valence-electron chi connectivity index (χ2n) is 6.36. The van der Waals surface area contributed by atoms with Crippen LogP contribution in [0.15, 0.2) is 29.2 Å². The van der Waals surface area contributed by atoms with Crippen molar-refractivity contribution >= 4 is 16.0 Å². The zero-order valence-corrected chi connectivity index (χ0v) is 14.8. The number of rotatable bonds is 5. The Morgan fingerprint density at radius 3 is 2.42 bits per heavy atom. The molecule has 7 nitrogen and oxygen atoms in total. The van der Waals surface area contributed by atoms with Crippen LogP contribution in [-0.2, 0) is 19.6 Å². The number of carboxylic acid groups (broad SMARTS) is 1. The fourth-order valence-electron chi connectivity index (χ4n) is 2.49. The van der Waals surface area contributed by atoms with Gasteiger partial charge in [0.05, 0.1) is 10.5 Å². The fourth-order valence-corrected chi connectivity index (χ4v) is 4.08. The van der Waals surface area contributed by atoms with Crippen molar-refractivity contribution in [2.45, 2.75) is 36.6 Å². The maximum absolute atomic E-state index is 13.0. The summed E-state index contributed by atoms with van der Waals surface area (Å²) in [7, 11) is -4.19. The van der Waals surface area contributed by atoms with E-state index in [2.05, 4.69) is 0 Å². The molecule has 1 fully saturated rings. The van der Waals surface area contributed by atoms with Gasteiger partial charge in [-0.1, -0.05) is 0 Å². The first-order chi connectivity index (χ1) is 11.8. The summed E-state index contributed by atoms with van der Waals surface area (Å²) in [5, 5.41) is 8.54. The summed E-state index contributed by atoms with van der Waals surface area (Å²) in [6.45, 7) is 1.09. The van der Waals surface area contributed by atoms with E-state index in [1.165, 1.54) is 26.0 Å². The summed E-state index contributed by atoms with van der Waals surface area (Å²) >= 11 is 0. The van der Waals surface area contributed by atoms with Gasteiger partial charge in [-0.15, -0.1) is 0 Å². The molecule has 1 heterocycles. The average Bonchev–Trinajstić information content (AvgIpc) is 2.51. The molecule has 0 aliphatic carbocycles. The zero-order chi connectivity index (χ0) is 19.8. The van der Waals surface area contributed by atoms with Crippen LogP contribution < -0.4 is 4.74 Å². The van der Waals surface area contributed by atoms with Crippen LogP contribution in [0, 0.1) is 0 Å². The van der Waals surface area contributed by atoms with Crippen molar-refractivity contribution in [1.29, 1.82) is 0 Å². The van der Waals surface area contributed by atoms with E-state index >= 15 is 0 Å². The molecule has 1 aliphatic heterocycles. The van der Waals surface area contributed by atoms with Gasteiger partial charge in [0.25, 0.3) is 0 Å². The largest absolute Gasteiger partial charge is 0.482 e. The molecule has 0 saturated carbocycles. The monoisotopic (exact) mass is 397 g/mol. The Labute approximate surface area is 148 Å². The Kier molecular flexibility index (Phi) is 5.54. The first kappa shape index (κ1) is 20.5. The first-order valence-electron chi connectivity index (χ1n) is 7.51. The van der Waals surface area contributed by atoms with Gasteiger partial charge in [-0.25, -0.2) is 13.2 Å². The maximum Gasteiger partial charge on any atom is 0.415 e. The van der Waals surface area contributed by atoms with E-state index in [0.29, 0.717) is 0 Å². The highest BCUT2D eigenvalue weighted by Crippen LogP contribution is 2.34. The minimum atomic E-state index is -4.69. The van der Waals surface area contributed by atoms with E-state index in [4.69, 9.17) is 14.6 Å². The Morgan fingerprint density at radius 2 is 1.92 bits per heavy atom. The van der Waals surface area contributed by atoms with Gasteiger partial charge in [-0.05, 0) is 38.1 Å². The average molecular weight is 397 g/mol. The van der Waals surface area contributed by atoms with E-state index in [9.17, 15) is 26.4 Å². The van der Waals surface area contributed by atoms with Crippen LogP contribution in [0.4, 0.5) is 13.2 Å². The highest BCUT2D eigenvalue weighted by Gasteiger charge is 2.50. The van der Waals surface area contributed by atoms with Crippen LogP contribution in [0.1, 0.15) is 13.8 Å². The molecule has 1 unspecified atom stereocenters. The summed E-state index contributed by atoms with van der Waals surface area (Å²) in [6, 6.07) is 4.78.